The molecule has 2 aromatic rings. The van der Waals surface area contributed by atoms with Crippen LogP contribution in [0.5, 0.6) is 5.75 Å². The maximum absolute atomic E-state index is 13.0. The second-order valence-electron chi connectivity index (χ2n) is 6.82. The zero-order valence-electron chi connectivity index (χ0n) is 17.0. The smallest absolute Gasteiger partial charge is 0.261 e. The van der Waals surface area contributed by atoms with Crippen LogP contribution in [0.4, 0.5) is 0 Å². The summed E-state index contributed by atoms with van der Waals surface area (Å²) in [7, 11) is 0. The maximum Gasteiger partial charge on any atom is 0.261 e. The van der Waals surface area contributed by atoms with Gasteiger partial charge in [0, 0.05) is 28.2 Å². The standard InChI is InChI=1S/C22H25Cl3N2O3/c1-3-4-11-26-22(29)15(2)27(13-16-5-6-18(24)12-20(16)25)21(28)14-30-19-9-7-17(23)8-10-19/h5-10,12,15H,3-4,11,13-14H2,1-2H3,(H,26,29)/t15-/m1/s1. The predicted molar refractivity (Wildman–Crippen MR) is 121 cm³/mol. The van der Waals surface area contributed by atoms with Gasteiger partial charge >= 0.3 is 0 Å². The van der Waals surface area contributed by atoms with Crippen molar-refractivity contribution < 1.29 is 14.3 Å². The Hall–Kier alpha value is -1.95. The number of nitrogens with zero attached hydrogens (tertiary/aromatic N) is 1. The molecule has 2 rings (SSSR count). The van der Waals surface area contributed by atoms with Gasteiger partial charge in [0.1, 0.15) is 11.8 Å². The van der Waals surface area contributed by atoms with Gasteiger partial charge in [0.2, 0.25) is 5.91 Å². The van der Waals surface area contributed by atoms with E-state index in [-0.39, 0.29) is 25.0 Å². The number of hydrogen-bond donors (Lipinski definition) is 1. The summed E-state index contributed by atoms with van der Waals surface area (Å²) in [6.45, 7) is 4.22. The van der Waals surface area contributed by atoms with E-state index in [1.165, 1.54) is 4.90 Å². The number of carbonyl (C=O) groups is 2. The molecule has 0 aromatic heterocycles. The first-order valence-corrected chi connectivity index (χ1v) is 10.8. The largest absolute Gasteiger partial charge is 0.484 e. The van der Waals surface area contributed by atoms with Crippen molar-refractivity contribution in [3.05, 3.63) is 63.1 Å². The van der Waals surface area contributed by atoms with E-state index < -0.39 is 6.04 Å². The number of hydrogen-bond acceptors (Lipinski definition) is 3. The molecule has 0 unspecified atom stereocenters. The topological polar surface area (TPSA) is 58.6 Å². The van der Waals surface area contributed by atoms with Gasteiger partial charge in [-0.25, -0.2) is 0 Å². The Morgan fingerprint density at radius 3 is 2.37 bits per heavy atom. The molecule has 0 radical (unpaired) electrons. The van der Waals surface area contributed by atoms with E-state index in [9.17, 15) is 9.59 Å². The Kier molecular flexibility index (Phi) is 9.76. The number of benzene rings is 2. The second kappa shape index (κ2) is 12.0. The average molecular weight is 472 g/mol. The first-order valence-electron chi connectivity index (χ1n) is 9.71. The molecule has 1 atom stereocenters. The van der Waals surface area contributed by atoms with E-state index in [1.54, 1.807) is 49.4 Å². The molecule has 0 aliphatic rings. The molecule has 0 saturated heterocycles. The number of rotatable bonds is 10. The fraction of sp³-hybridized carbons (Fsp3) is 0.364. The molecule has 0 aliphatic heterocycles. The van der Waals surface area contributed by atoms with E-state index in [0.29, 0.717) is 32.9 Å². The van der Waals surface area contributed by atoms with Crippen LogP contribution >= 0.6 is 34.8 Å². The van der Waals surface area contributed by atoms with Crippen LogP contribution in [-0.4, -0.2) is 35.9 Å². The lowest BCUT2D eigenvalue weighted by molar-refractivity contribution is -0.142. The van der Waals surface area contributed by atoms with Gasteiger partial charge in [-0.1, -0.05) is 54.2 Å². The lowest BCUT2D eigenvalue weighted by atomic mass is 10.1. The van der Waals surface area contributed by atoms with Crippen LogP contribution in [-0.2, 0) is 16.1 Å². The fourth-order valence-electron chi connectivity index (χ4n) is 2.71. The number of unbranched alkanes of at least 4 members (excludes halogenated alkanes) is 1. The number of amides is 2. The van der Waals surface area contributed by atoms with Crippen LogP contribution in [0.25, 0.3) is 0 Å². The molecule has 0 aliphatic carbocycles. The lowest BCUT2D eigenvalue weighted by Crippen LogP contribution is -2.49. The molecule has 30 heavy (non-hydrogen) atoms. The highest BCUT2D eigenvalue weighted by molar-refractivity contribution is 6.35. The number of ether oxygens (including phenoxy) is 1. The van der Waals surface area contributed by atoms with Crippen molar-refractivity contribution in [2.45, 2.75) is 39.3 Å². The first-order chi connectivity index (χ1) is 14.3. The molecule has 162 valence electrons. The van der Waals surface area contributed by atoms with Crippen molar-refractivity contribution >= 4 is 46.6 Å². The molecule has 0 heterocycles. The van der Waals surface area contributed by atoms with Crippen molar-refractivity contribution in [2.75, 3.05) is 13.2 Å². The summed E-state index contributed by atoms with van der Waals surface area (Å²) < 4.78 is 5.58. The molecule has 2 aromatic carbocycles. The fourth-order valence-corrected chi connectivity index (χ4v) is 3.31. The Morgan fingerprint density at radius 1 is 1.07 bits per heavy atom. The second-order valence-corrected chi connectivity index (χ2v) is 8.10. The predicted octanol–water partition coefficient (Wildman–Crippen LogP) is 5.36. The normalized spacial score (nSPS) is 11.6. The van der Waals surface area contributed by atoms with E-state index in [4.69, 9.17) is 39.5 Å². The molecule has 5 nitrogen and oxygen atoms in total. The third-order valence-electron chi connectivity index (χ3n) is 4.53. The SMILES string of the molecule is CCCCNC(=O)[C@@H](C)N(Cc1ccc(Cl)cc1Cl)C(=O)COc1ccc(Cl)cc1. The molecule has 2 amide bonds. The van der Waals surface area contributed by atoms with Gasteiger partial charge in [-0.15, -0.1) is 0 Å². The van der Waals surface area contributed by atoms with Gasteiger partial charge in [0.15, 0.2) is 6.61 Å². The Balaban J connectivity index is 2.14. The van der Waals surface area contributed by atoms with Crippen molar-refractivity contribution in [1.82, 2.24) is 10.2 Å². The van der Waals surface area contributed by atoms with E-state index >= 15 is 0 Å². The van der Waals surface area contributed by atoms with Crippen LogP contribution in [0.15, 0.2) is 42.5 Å². The third-order valence-corrected chi connectivity index (χ3v) is 5.37. The molecule has 1 N–H and O–H groups in total. The highest BCUT2D eigenvalue weighted by Gasteiger charge is 2.27. The van der Waals surface area contributed by atoms with E-state index in [2.05, 4.69) is 5.32 Å². The number of carbonyl (C=O) groups excluding carboxylic acids is 2. The molecule has 0 fully saturated rings. The molecule has 8 heteroatoms. The maximum atomic E-state index is 13.0. The zero-order chi connectivity index (χ0) is 22.1. The lowest BCUT2D eigenvalue weighted by Gasteiger charge is -2.29. The van der Waals surface area contributed by atoms with Crippen LogP contribution < -0.4 is 10.1 Å². The Labute approximate surface area is 192 Å². The van der Waals surface area contributed by atoms with Crippen LogP contribution in [0.1, 0.15) is 32.3 Å². The Bertz CT molecular complexity index is 859. The number of nitrogens with one attached hydrogen (secondary N) is 1. The molecule has 0 spiro atoms. The molecule has 0 saturated carbocycles. The van der Waals surface area contributed by atoms with Gasteiger partial charge < -0.3 is 15.0 Å². The summed E-state index contributed by atoms with van der Waals surface area (Å²) in [5.41, 5.74) is 0.689. The monoisotopic (exact) mass is 470 g/mol. The third kappa shape index (κ3) is 7.38. The molecular weight excluding hydrogens is 447 g/mol. The minimum absolute atomic E-state index is 0.154. The van der Waals surface area contributed by atoms with Gasteiger partial charge in [0.25, 0.3) is 5.91 Å². The van der Waals surface area contributed by atoms with E-state index in [1.807, 2.05) is 6.92 Å². The zero-order valence-corrected chi connectivity index (χ0v) is 19.2. The minimum Gasteiger partial charge on any atom is -0.484 e. The van der Waals surface area contributed by atoms with Gasteiger partial charge in [0.05, 0.1) is 0 Å². The Morgan fingerprint density at radius 2 is 1.73 bits per heavy atom. The van der Waals surface area contributed by atoms with Crippen molar-refractivity contribution in [2.24, 2.45) is 0 Å². The number of halogens is 3. The molecule has 0 bridgehead atoms. The summed E-state index contributed by atoms with van der Waals surface area (Å²) in [5.74, 6) is -0.0558. The van der Waals surface area contributed by atoms with Crippen LogP contribution in [0.2, 0.25) is 15.1 Å². The summed E-state index contributed by atoms with van der Waals surface area (Å²) >= 11 is 18.1. The minimum atomic E-state index is -0.699. The molecular formula is C22H25Cl3N2O3. The summed E-state index contributed by atoms with van der Waals surface area (Å²) in [6.07, 6.45) is 1.84. The van der Waals surface area contributed by atoms with Crippen molar-refractivity contribution in [3.8, 4) is 5.75 Å². The van der Waals surface area contributed by atoms with Gasteiger partial charge in [-0.2, -0.15) is 0 Å². The highest BCUT2D eigenvalue weighted by atomic mass is 35.5. The van der Waals surface area contributed by atoms with Gasteiger partial charge in [-0.3, -0.25) is 9.59 Å². The summed E-state index contributed by atoms with van der Waals surface area (Å²) in [6, 6.07) is 11.1. The van der Waals surface area contributed by atoms with Crippen LogP contribution in [0.3, 0.4) is 0 Å². The van der Waals surface area contributed by atoms with Crippen LogP contribution in [0, 0.1) is 0 Å². The highest BCUT2D eigenvalue weighted by Crippen LogP contribution is 2.23. The van der Waals surface area contributed by atoms with Crippen molar-refractivity contribution in [1.29, 1.82) is 0 Å². The quantitative estimate of drug-likeness (QED) is 0.475. The van der Waals surface area contributed by atoms with Crippen molar-refractivity contribution in [3.63, 3.8) is 0 Å². The summed E-state index contributed by atoms with van der Waals surface area (Å²) in [5, 5.41) is 4.37. The van der Waals surface area contributed by atoms with Gasteiger partial charge in [-0.05, 0) is 55.3 Å². The van der Waals surface area contributed by atoms with E-state index in [0.717, 1.165) is 12.8 Å². The summed E-state index contributed by atoms with van der Waals surface area (Å²) in [4.78, 5) is 27.0. The average Bonchev–Trinajstić information content (AvgIpc) is 2.72. The first kappa shape index (κ1) is 24.3.